The van der Waals surface area contributed by atoms with Gasteiger partial charge in [0.2, 0.25) is 6.79 Å². The van der Waals surface area contributed by atoms with Crippen LogP contribution < -0.4 is 19.5 Å². The number of ether oxygens (including phenoxy) is 4. The molecule has 3 heterocycles. The third-order valence-corrected chi connectivity index (χ3v) is 5.79. The second kappa shape index (κ2) is 7.75. The lowest BCUT2D eigenvalue weighted by Gasteiger charge is -2.36. The van der Waals surface area contributed by atoms with E-state index in [1.807, 2.05) is 6.07 Å². The molecule has 1 amide bonds. The van der Waals surface area contributed by atoms with E-state index in [2.05, 4.69) is 5.32 Å². The van der Waals surface area contributed by atoms with Gasteiger partial charge in [-0.3, -0.25) is 9.59 Å². The molecule has 0 bridgehead atoms. The fraction of sp³-hybridized carbons (Fsp3) is 0.364. The minimum absolute atomic E-state index is 0.132. The zero-order chi connectivity index (χ0) is 21.5. The van der Waals surface area contributed by atoms with E-state index in [1.54, 1.807) is 30.3 Å². The van der Waals surface area contributed by atoms with Gasteiger partial charge in [0, 0.05) is 22.7 Å². The maximum absolute atomic E-state index is 12.7. The minimum atomic E-state index is -0.955. The highest BCUT2D eigenvalue weighted by Crippen LogP contribution is 2.47. The first-order valence-electron chi connectivity index (χ1n) is 10.0. The van der Waals surface area contributed by atoms with Crippen molar-refractivity contribution < 1.29 is 38.7 Å². The summed E-state index contributed by atoms with van der Waals surface area (Å²) in [6.45, 7) is -0.131. The monoisotopic (exact) mass is 427 g/mol. The van der Waals surface area contributed by atoms with Crippen LogP contribution in [0.2, 0.25) is 0 Å². The molecule has 0 aromatic heterocycles. The van der Waals surface area contributed by atoms with Gasteiger partial charge in [0.05, 0.1) is 19.1 Å². The molecule has 0 unspecified atom stereocenters. The molecular weight excluding hydrogens is 406 g/mol. The Kier molecular flexibility index (Phi) is 4.91. The summed E-state index contributed by atoms with van der Waals surface area (Å²) in [4.78, 5) is 23.9. The van der Waals surface area contributed by atoms with Gasteiger partial charge in [-0.15, -0.1) is 0 Å². The van der Waals surface area contributed by atoms with Crippen LogP contribution in [0.3, 0.4) is 0 Å². The lowest BCUT2D eigenvalue weighted by molar-refractivity contribution is -0.153. The van der Waals surface area contributed by atoms with Crippen LogP contribution in [0.15, 0.2) is 36.4 Å². The average molecular weight is 427 g/mol. The van der Waals surface area contributed by atoms with Crippen LogP contribution in [0.25, 0.3) is 0 Å². The highest BCUT2D eigenvalue weighted by atomic mass is 16.7. The summed E-state index contributed by atoms with van der Waals surface area (Å²) in [7, 11) is 0. The molecule has 3 aliphatic heterocycles. The van der Waals surface area contributed by atoms with Crippen molar-refractivity contribution in [1.29, 1.82) is 0 Å². The van der Waals surface area contributed by atoms with Crippen molar-refractivity contribution in [1.82, 2.24) is 0 Å². The summed E-state index contributed by atoms with van der Waals surface area (Å²) in [5.41, 5.74) is 1.89. The Bertz CT molecular complexity index is 1040. The standard InChI is InChI=1S/C22H21NO8/c24-9-19-21-15(7-13(30-19)8-20(25)26)14-6-12(2-4-16(14)31-21)23-22(27)11-1-3-17-18(5-11)29-10-28-17/h1-6,13,15,19,21,24H,7-10H2,(H,23,27)(H,25,26)/t13-,15+,19-,21-/m1/s1. The molecular formula is C22H21NO8. The Morgan fingerprint density at radius 1 is 1.06 bits per heavy atom. The van der Waals surface area contributed by atoms with Crippen LogP contribution in [0.1, 0.15) is 34.7 Å². The normalized spacial score (nSPS) is 25.3. The van der Waals surface area contributed by atoms with Crippen molar-refractivity contribution in [2.24, 2.45) is 0 Å². The van der Waals surface area contributed by atoms with Crippen LogP contribution in [-0.2, 0) is 9.53 Å². The van der Waals surface area contributed by atoms with Crippen molar-refractivity contribution in [3.05, 3.63) is 47.5 Å². The lowest BCUT2D eigenvalue weighted by Crippen LogP contribution is -2.46. The summed E-state index contributed by atoms with van der Waals surface area (Å²) in [6.07, 6.45) is -1.21. The molecule has 0 aliphatic carbocycles. The maximum Gasteiger partial charge on any atom is 0.305 e. The molecule has 1 saturated heterocycles. The van der Waals surface area contributed by atoms with E-state index in [9.17, 15) is 14.7 Å². The number of carboxylic acid groups (broad SMARTS) is 1. The number of carbonyl (C=O) groups excluding carboxylic acids is 1. The molecule has 9 nitrogen and oxygen atoms in total. The second-order valence-electron chi connectivity index (χ2n) is 7.78. The number of aliphatic hydroxyl groups is 1. The fourth-order valence-corrected chi connectivity index (χ4v) is 4.40. The van der Waals surface area contributed by atoms with Gasteiger partial charge in [0.15, 0.2) is 11.5 Å². The number of amides is 1. The molecule has 1 fully saturated rings. The van der Waals surface area contributed by atoms with Crippen molar-refractivity contribution in [3.8, 4) is 17.2 Å². The van der Waals surface area contributed by atoms with Gasteiger partial charge >= 0.3 is 5.97 Å². The third kappa shape index (κ3) is 3.66. The summed E-state index contributed by atoms with van der Waals surface area (Å²) in [5.74, 6) is 0.397. The highest BCUT2D eigenvalue weighted by Gasteiger charge is 2.46. The molecule has 4 atom stereocenters. The number of benzene rings is 2. The highest BCUT2D eigenvalue weighted by molar-refractivity contribution is 6.04. The van der Waals surface area contributed by atoms with Crippen LogP contribution in [0.4, 0.5) is 5.69 Å². The molecule has 0 spiro atoms. The van der Waals surface area contributed by atoms with E-state index < -0.39 is 24.3 Å². The quantitative estimate of drug-likeness (QED) is 0.663. The van der Waals surface area contributed by atoms with Gasteiger partial charge < -0.3 is 34.5 Å². The summed E-state index contributed by atoms with van der Waals surface area (Å²) < 4.78 is 22.3. The SMILES string of the molecule is O=C(O)C[C@H]1C[C@H]2c3cc(NC(=O)c4ccc5c(c4)OCO5)ccc3O[C@H]2[C@@H](CO)O1. The van der Waals surface area contributed by atoms with Crippen LogP contribution in [0, 0.1) is 0 Å². The summed E-state index contributed by atoms with van der Waals surface area (Å²) in [5, 5.41) is 21.7. The molecule has 3 aliphatic rings. The van der Waals surface area contributed by atoms with Crippen LogP contribution in [0.5, 0.6) is 17.2 Å². The number of hydrogen-bond donors (Lipinski definition) is 3. The third-order valence-electron chi connectivity index (χ3n) is 5.79. The molecule has 0 saturated carbocycles. The van der Waals surface area contributed by atoms with Crippen LogP contribution in [-0.4, -0.2) is 53.8 Å². The van der Waals surface area contributed by atoms with E-state index in [4.69, 9.17) is 24.1 Å². The number of carboxylic acids is 1. The Labute approximate surface area is 177 Å². The Morgan fingerprint density at radius 2 is 1.87 bits per heavy atom. The first kappa shape index (κ1) is 19.7. The topological polar surface area (TPSA) is 124 Å². The molecule has 0 radical (unpaired) electrons. The first-order valence-corrected chi connectivity index (χ1v) is 10.0. The number of anilines is 1. The van der Waals surface area contributed by atoms with Crippen molar-refractivity contribution >= 4 is 17.6 Å². The Hall–Kier alpha value is -3.30. The van der Waals surface area contributed by atoms with Gasteiger partial charge in [-0.1, -0.05) is 0 Å². The van der Waals surface area contributed by atoms with Crippen molar-refractivity contribution in [2.75, 3.05) is 18.7 Å². The number of hydrogen-bond acceptors (Lipinski definition) is 7. The van der Waals surface area contributed by atoms with E-state index in [0.29, 0.717) is 34.9 Å². The molecule has 162 valence electrons. The van der Waals surface area contributed by atoms with Crippen molar-refractivity contribution in [3.63, 3.8) is 0 Å². The second-order valence-corrected chi connectivity index (χ2v) is 7.78. The number of nitrogens with one attached hydrogen (secondary N) is 1. The zero-order valence-electron chi connectivity index (χ0n) is 16.4. The number of fused-ring (bicyclic) bond motifs is 4. The van der Waals surface area contributed by atoms with Crippen molar-refractivity contribution in [2.45, 2.75) is 37.1 Å². The van der Waals surface area contributed by atoms with Gasteiger partial charge in [-0.25, -0.2) is 0 Å². The van der Waals surface area contributed by atoms with Gasteiger partial charge in [-0.05, 0) is 42.8 Å². The summed E-state index contributed by atoms with van der Waals surface area (Å²) >= 11 is 0. The van der Waals surface area contributed by atoms with E-state index in [1.165, 1.54) is 0 Å². The zero-order valence-corrected chi connectivity index (χ0v) is 16.4. The summed E-state index contributed by atoms with van der Waals surface area (Å²) in [6, 6.07) is 10.3. The predicted octanol–water partition coefficient (Wildman–Crippen LogP) is 2.14. The molecule has 2 aromatic carbocycles. The molecule has 2 aromatic rings. The largest absolute Gasteiger partial charge is 0.487 e. The van der Waals surface area contributed by atoms with E-state index in [0.717, 1.165) is 5.56 Å². The maximum atomic E-state index is 12.7. The first-order chi connectivity index (χ1) is 15.0. The van der Waals surface area contributed by atoms with E-state index in [-0.39, 0.29) is 31.6 Å². The molecule has 31 heavy (non-hydrogen) atoms. The van der Waals surface area contributed by atoms with Crippen LogP contribution >= 0.6 is 0 Å². The van der Waals surface area contributed by atoms with Gasteiger partial charge in [-0.2, -0.15) is 0 Å². The Balaban J connectivity index is 1.36. The smallest absolute Gasteiger partial charge is 0.305 e. The number of aliphatic hydroxyl groups excluding tert-OH is 1. The molecule has 3 N–H and O–H groups in total. The number of carbonyl (C=O) groups is 2. The molecule has 5 rings (SSSR count). The van der Waals surface area contributed by atoms with Gasteiger partial charge in [0.25, 0.3) is 5.91 Å². The number of aliphatic carboxylic acids is 1. The number of rotatable bonds is 5. The average Bonchev–Trinajstić information content (AvgIpc) is 3.36. The van der Waals surface area contributed by atoms with Gasteiger partial charge in [0.1, 0.15) is 18.0 Å². The predicted molar refractivity (Wildman–Crippen MR) is 107 cm³/mol. The lowest BCUT2D eigenvalue weighted by atomic mass is 9.84. The molecule has 9 heteroatoms. The fourth-order valence-electron chi connectivity index (χ4n) is 4.40. The minimum Gasteiger partial charge on any atom is -0.487 e. The van der Waals surface area contributed by atoms with E-state index >= 15 is 0 Å². The Morgan fingerprint density at radius 3 is 2.68 bits per heavy atom.